The van der Waals surface area contributed by atoms with Gasteiger partial charge in [0.2, 0.25) is 0 Å². The third kappa shape index (κ3) is 3.90. The number of rotatable bonds is 3. The fourth-order valence-corrected chi connectivity index (χ4v) is 7.18. The van der Waals surface area contributed by atoms with Gasteiger partial charge in [-0.25, -0.2) is 0 Å². The molecule has 188 valence electrons. The summed E-state index contributed by atoms with van der Waals surface area (Å²) in [5.41, 5.74) is 17.5. The van der Waals surface area contributed by atoms with Crippen molar-refractivity contribution in [2.45, 2.75) is 65.2 Å². The molecule has 0 nitrogen and oxygen atoms in total. The highest BCUT2D eigenvalue weighted by Crippen LogP contribution is 2.41. The molecule has 0 aliphatic heterocycles. The standard InChI is InChI=1S/C38H36/c1-25-11-3-4-14-30(25)32-20-10-19-31(26(32)2)29-13-9-12-27(23-29)28-21-22-37-35-17-6-5-15-33(35)34-16-7-8-18-36(34)38(37)24-28/h4,6,8-9,12-14,17-19,21-24H,3,5,7,10-11,15-16,20H2,1-2H3. The lowest BCUT2D eigenvalue weighted by atomic mass is 9.80. The predicted molar refractivity (Wildman–Crippen MR) is 165 cm³/mol. The van der Waals surface area contributed by atoms with Gasteiger partial charge in [-0.1, -0.05) is 78.4 Å². The molecule has 0 spiro atoms. The van der Waals surface area contributed by atoms with Crippen LogP contribution in [0.1, 0.15) is 80.2 Å². The molecular weight excluding hydrogens is 456 g/mol. The Labute approximate surface area is 227 Å². The van der Waals surface area contributed by atoms with Crippen LogP contribution in [0.25, 0.3) is 39.6 Å². The van der Waals surface area contributed by atoms with Crippen molar-refractivity contribution in [1.82, 2.24) is 0 Å². The second kappa shape index (κ2) is 9.59. The number of hydrogen-bond donors (Lipinski definition) is 0. The molecule has 4 aliphatic rings. The Morgan fingerprint density at radius 3 is 2.05 bits per heavy atom. The second-order valence-corrected chi connectivity index (χ2v) is 11.4. The van der Waals surface area contributed by atoms with Gasteiger partial charge in [-0.05, 0) is 149 Å². The van der Waals surface area contributed by atoms with Gasteiger partial charge in [-0.2, -0.15) is 0 Å². The van der Waals surface area contributed by atoms with Gasteiger partial charge in [-0.3, -0.25) is 0 Å². The van der Waals surface area contributed by atoms with E-state index in [9.17, 15) is 0 Å². The summed E-state index contributed by atoms with van der Waals surface area (Å²) in [7, 11) is 0. The number of benzene rings is 3. The average Bonchev–Trinajstić information content (AvgIpc) is 2.98. The van der Waals surface area contributed by atoms with Gasteiger partial charge >= 0.3 is 0 Å². The van der Waals surface area contributed by atoms with Crippen LogP contribution in [0.15, 0.2) is 95.1 Å². The molecule has 0 saturated carbocycles. The molecule has 0 radical (unpaired) electrons. The lowest BCUT2D eigenvalue weighted by molar-refractivity contribution is 0.903. The zero-order valence-corrected chi connectivity index (χ0v) is 22.7. The van der Waals surface area contributed by atoms with Crippen LogP contribution in [0, 0.1) is 0 Å². The average molecular weight is 493 g/mol. The van der Waals surface area contributed by atoms with Crippen molar-refractivity contribution >= 4 is 28.5 Å². The molecule has 4 aliphatic carbocycles. The first-order valence-corrected chi connectivity index (χ1v) is 14.5. The Bertz CT molecular complexity index is 1660. The number of allylic oxidation sites excluding steroid dienone is 10. The molecule has 3 aromatic rings. The van der Waals surface area contributed by atoms with Crippen molar-refractivity contribution < 1.29 is 0 Å². The van der Waals surface area contributed by atoms with Crippen LogP contribution in [0.5, 0.6) is 0 Å². The lowest BCUT2D eigenvalue weighted by Crippen LogP contribution is -2.07. The largest absolute Gasteiger partial charge is 0.0836 e. The van der Waals surface area contributed by atoms with Crippen LogP contribution < -0.4 is 0 Å². The second-order valence-electron chi connectivity index (χ2n) is 11.4. The van der Waals surface area contributed by atoms with E-state index in [1.54, 1.807) is 22.3 Å². The van der Waals surface area contributed by atoms with Crippen molar-refractivity contribution in [2.75, 3.05) is 0 Å². The highest BCUT2D eigenvalue weighted by Gasteiger charge is 2.21. The van der Waals surface area contributed by atoms with Gasteiger partial charge in [0.25, 0.3) is 0 Å². The Balaban J connectivity index is 1.32. The Morgan fingerprint density at radius 2 is 1.26 bits per heavy atom. The minimum absolute atomic E-state index is 1.12. The molecule has 0 saturated heterocycles. The summed E-state index contributed by atoms with van der Waals surface area (Å²) < 4.78 is 0. The van der Waals surface area contributed by atoms with Crippen LogP contribution in [0.2, 0.25) is 0 Å². The summed E-state index contributed by atoms with van der Waals surface area (Å²) in [4.78, 5) is 0. The molecule has 0 amide bonds. The van der Waals surface area contributed by atoms with Crippen molar-refractivity contribution in [2.24, 2.45) is 0 Å². The first-order valence-electron chi connectivity index (χ1n) is 14.5. The normalized spacial score (nSPS) is 18.6. The van der Waals surface area contributed by atoms with Crippen molar-refractivity contribution in [3.8, 4) is 11.1 Å². The summed E-state index contributed by atoms with van der Waals surface area (Å²) >= 11 is 0. The Hall–Kier alpha value is -3.64. The fraction of sp³-hybridized carbons (Fsp3) is 0.263. The van der Waals surface area contributed by atoms with Crippen LogP contribution >= 0.6 is 0 Å². The quantitative estimate of drug-likeness (QED) is 0.341. The van der Waals surface area contributed by atoms with Crippen LogP contribution in [0.4, 0.5) is 0 Å². The smallest absolute Gasteiger partial charge is 0.00964 e. The van der Waals surface area contributed by atoms with Gasteiger partial charge in [0.1, 0.15) is 0 Å². The highest BCUT2D eigenvalue weighted by molar-refractivity contribution is 6.02. The molecule has 3 aromatic carbocycles. The molecule has 0 aromatic heterocycles. The van der Waals surface area contributed by atoms with E-state index in [4.69, 9.17) is 0 Å². The minimum atomic E-state index is 1.12. The first kappa shape index (κ1) is 23.5. The molecule has 7 rings (SSSR count). The molecule has 0 heterocycles. The summed E-state index contributed by atoms with van der Waals surface area (Å²) in [6, 6.07) is 16.4. The van der Waals surface area contributed by atoms with Crippen LogP contribution in [-0.4, -0.2) is 0 Å². The molecule has 0 fully saturated rings. The zero-order chi connectivity index (χ0) is 25.6. The Morgan fingerprint density at radius 1 is 0.579 bits per heavy atom. The predicted octanol–water partition coefficient (Wildman–Crippen LogP) is 10.6. The third-order valence-electron chi connectivity index (χ3n) is 9.17. The SMILES string of the molecule is CC1=C(C2=C(C)C(c3cccc(-c4ccc5c6c(c7c(c5c4)C=CCC7)CCC=C6)c3)=CCC2)C=CCC1. The monoisotopic (exact) mass is 492 g/mol. The molecule has 0 unspecified atom stereocenters. The third-order valence-corrected chi connectivity index (χ3v) is 9.17. The molecular formula is C38H36. The lowest BCUT2D eigenvalue weighted by Gasteiger charge is -2.24. The van der Waals surface area contributed by atoms with Crippen molar-refractivity contribution in [3.05, 3.63) is 123 Å². The van der Waals surface area contributed by atoms with Gasteiger partial charge < -0.3 is 0 Å². The minimum Gasteiger partial charge on any atom is -0.0836 e. The molecule has 0 heteroatoms. The van der Waals surface area contributed by atoms with Gasteiger partial charge in [0.15, 0.2) is 0 Å². The highest BCUT2D eigenvalue weighted by atomic mass is 14.3. The van der Waals surface area contributed by atoms with E-state index >= 15 is 0 Å². The molecule has 0 atom stereocenters. The molecule has 0 N–H and O–H groups in total. The van der Waals surface area contributed by atoms with Crippen molar-refractivity contribution in [3.63, 3.8) is 0 Å². The zero-order valence-electron chi connectivity index (χ0n) is 22.7. The molecule has 0 bridgehead atoms. The maximum atomic E-state index is 2.46. The first-order chi connectivity index (χ1) is 18.7. The van der Waals surface area contributed by atoms with E-state index in [1.165, 1.54) is 81.0 Å². The van der Waals surface area contributed by atoms with Crippen molar-refractivity contribution in [1.29, 1.82) is 0 Å². The van der Waals surface area contributed by atoms with E-state index < -0.39 is 0 Å². The topological polar surface area (TPSA) is 0 Å². The molecule has 38 heavy (non-hydrogen) atoms. The fourth-order valence-electron chi connectivity index (χ4n) is 7.18. The van der Waals surface area contributed by atoms with Gasteiger partial charge in [0, 0.05) is 0 Å². The summed E-state index contributed by atoms with van der Waals surface area (Å²) in [6.45, 7) is 4.65. The van der Waals surface area contributed by atoms with E-state index in [0.29, 0.717) is 0 Å². The Kier molecular flexibility index (Phi) is 5.92. The summed E-state index contributed by atoms with van der Waals surface area (Å²) in [6.07, 6.45) is 26.0. The van der Waals surface area contributed by atoms with E-state index in [1.807, 2.05) is 0 Å². The van der Waals surface area contributed by atoms with E-state index in [-0.39, 0.29) is 0 Å². The number of hydrogen-bond acceptors (Lipinski definition) is 0. The maximum Gasteiger partial charge on any atom is -0.00964 e. The van der Waals surface area contributed by atoms with Crippen LogP contribution in [-0.2, 0) is 12.8 Å². The van der Waals surface area contributed by atoms with Gasteiger partial charge in [-0.15, -0.1) is 0 Å². The summed E-state index contributed by atoms with van der Waals surface area (Å²) in [5, 5.41) is 2.81. The summed E-state index contributed by atoms with van der Waals surface area (Å²) in [5.74, 6) is 0. The van der Waals surface area contributed by atoms with Crippen LogP contribution in [0.3, 0.4) is 0 Å². The van der Waals surface area contributed by atoms with Gasteiger partial charge in [0.05, 0.1) is 0 Å². The number of fused-ring (bicyclic) bond motifs is 6. The van der Waals surface area contributed by atoms with E-state index in [2.05, 4.69) is 98.8 Å². The maximum absolute atomic E-state index is 2.46. The van der Waals surface area contributed by atoms with E-state index in [0.717, 1.165) is 25.7 Å².